The summed E-state index contributed by atoms with van der Waals surface area (Å²) in [6.45, 7) is 2.42. The molecule has 104 valence electrons. The molecule has 1 heterocycles. The molecule has 0 fully saturated rings. The maximum Gasteiger partial charge on any atom is 0.278 e. The molecule has 6 heteroatoms. The molecule has 0 spiro atoms. The van der Waals surface area contributed by atoms with E-state index >= 15 is 0 Å². The minimum atomic E-state index is -3.33. The molecule has 0 aliphatic rings. The summed E-state index contributed by atoms with van der Waals surface area (Å²) < 4.78 is 26.8. The Balaban J connectivity index is 2.02. The van der Waals surface area contributed by atoms with E-state index in [1.54, 1.807) is 0 Å². The van der Waals surface area contributed by atoms with Crippen molar-refractivity contribution in [2.75, 3.05) is 20.6 Å². The predicted molar refractivity (Wildman–Crippen MR) is 77.3 cm³/mol. The average Bonchev–Trinajstić information content (AvgIpc) is 2.68. The van der Waals surface area contributed by atoms with Crippen molar-refractivity contribution in [3.8, 4) is 0 Å². The van der Waals surface area contributed by atoms with E-state index in [4.69, 9.17) is 0 Å². The van der Waals surface area contributed by atoms with Crippen LogP contribution in [0.4, 0.5) is 0 Å². The van der Waals surface area contributed by atoms with Crippen LogP contribution in [0.25, 0.3) is 10.9 Å². The molecule has 0 saturated heterocycles. The lowest BCUT2D eigenvalue weighted by atomic mass is 10.1. The van der Waals surface area contributed by atoms with Crippen molar-refractivity contribution in [2.24, 2.45) is 0 Å². The van der Waals surface area contributed by atoms with Crippen molar-refractivity contribution in [2.45, 2.75) is 13.3 Å². The third-order valence-electron chi connectivity index (χ3n) is 3.00. The molecule has 0 aliphatic carbocycles. The molecule has 0 atom stereocenters. The molecular weight excluding hydrogens is 262 g/mol. The summed E-state index contributed by atoms with van der Waals surface area (Å²) in [5.74, 6) is 0. The van der Waals surface area contributed by atoms with Gasteiger partial charge in [-0.05, 0) is 42.5 Å². The quantitative estimate of drug-likeness (QED) is 0.870. The van der Waals surface area contributed by atoms with Gasteiger partial charge >= 0.3 is 0 Å². The van der Waals surface area contributed by atoms with Gasteiger partial charge in [-0.2, -0.15) is 12.7 Å². The molecular formula is C13H19N3O2S. The van der Waals surface area contributed by atoms with Crippen molar-refractivity contribution >= 4 is 21.1 Å². The van der Waals surface area contributed by atoms with E-state index in [9.17, 15) is 8.42 Å². The van der Waals surface area contributed by atoms with Crippen LogP contribution >= 0.6 is 0 Å². The number of hydrogen-bond donors (Lipinski definition) is 2. The van der Waals surface area contributed by atoms with Crippen LogP contribution in [0, 0.1) is 6.92 Å². The highest BCUT2D eigenvalue weighted by molar-refractivity contribution is 7.87. The van der Waals surface area contributed by atoms with E-state index in [2.05, 4.69) is 21.8 Å². The number of fused-ring (bicyclic) bond motifs is 1. The third kappa shape index (κ3) is 3.34. The molecule has 0 saturated carbocycles. The molecule has 5 nitrogen and oxygen atoms in total. The molecule has 2 rings (SSSR count). The molecule has 2 N–H and O–H groups in total. The summed E-state index contributed by atoms with van der Waals surface area (Å²) in [6.07, 6.45) is 0.674. The Morgan fingerprint density at radius 1 is 1.26 bits per heavy atom. The Morgan fingerprint density at radius 3 is 2.68 bits per heavy atom. The highest BCUT2D eigenvalue weighted by Crippen LogP contribution is 2.17. The molecule has 1 aromatic heterocycles. The molecule has 0 radical (unpaired) electrons. The fraction of sp³-hybridized carbons (Fsp3) is 0.385. The first-order chi connectivity index (χ1) is 8.88. The van der Waals surface area contributed by atoms with Crippen LogP contribution in [0.15, 0.2) is 24.3 Å². The summed E-state index contributed by atoms with van der Waals surface area (Å²) in [6, 6.07) is 8.21. The summed E-state index contributed by atoms with van der Waals surface area (Å²) in [4.78, 5) is 3.26. The second-order valence-electron chi connectivity index (χ2n) is 4.81. The Bertz CT molecular complexity index is 674. The van der Waals surface area contributed by atoms with Gasteiger partial charge in [0.05, 0.1) is 0 Å². The lowest BCUT2D eigenvalue weighted by molar-refractivity contribution is 0.506. The van der Waals surface area contributed by atoms with E-state index in [0.717, 1.165) is 22.2 Å². The zero-order valence-electron chi connectivity index (χ0n) is 11.4. The highest BCUT2D eigenvalue weighted by Gasteiger charge is 2.11. The van der Waals surface area contributed by atoms with Crippen LogP contribution in [-0.4, -0.2) is 38.3 Å². The second kappa shape index (κ2) is 5.32. The number of H-pyrrole nitrogens is 1. The standard InChI is InChI=1S/C13H19N3O2S/c1-10-8-12-9-11(4-5-13(12)15-10)6-7-14-19(17,18)16(2)3/h4-5,8-9,14-15H,6-7H2,1-3H3. The molecule has 0 unspecified atom stereocenters. The van der Waals surface area contributed by atoms with Crippen LogP contribution in [0.3, 0.4) is 0 Å². The van der Waals surface area contributed by atoms with Crippen LogP contribution in [0.5, 0.6) is 0 Å². The zero-order chi connectivity index (χ0) is 14.0. The summed E-state index contributed by atoms with van der Waals surface area (Å²) in [5, 5.41) is 1.16. The van der Waals surface area contributed by atoms with Crippen LogP contribution in [0.1, 0.15) is 11.3 Å². The number of aromatic amines is 1. The molecule has 19 heavy (non-hydrogen) atoms. The first kappa shape index (κ1) is 14.0. The van der Waals surface area contributed by atoms with Gasteiger partial charge in [0.25, 0.3) is 10.2 Å². The lowest BCUT2D eigenvalue weighted by Gasteiger charge is -2.12. The Morgan fingerprint density at radius 2 is 2.00 bits per heavy atom. The lowest BCUT2D eigenvalue weighted by Crippen LogP contribution is -2.36. The number of aromatic nitrogens is 1. The SMILES string of the molecule is Cc1cc2cc(CCNS(=O)(=O)N(C)C)ccc2[nH]1. The van der Waals surface area contributed by atoms with Crippen LogP contribution in [0.2, 0.25) is 0 Å². The third-order valence-corrected chi connectivity index (χ3v) is 4.53. The Kier molecular flexibility index (Phi) is 3.93. The molecule has 1 aromatic carbocycles. The van der Waals surface area contributed by atoms with Gasteiger partial charge in [-0.15, -0.1) is 0 Å². The average molecular weight is 281 g/mol. The van der Waals surface area contributed by atoms with E-state index in [-0.39, 0.29) is 0 Å². The second-order valence-corrected chi connectivity index (χ2v) is 6.77. The first-order valence-corrected chi connectivity index (χ1v) is 7.58. The van der Waals surface area contributed by atoms with Crippen molar-refractivity contribution < 1.29 is 8.42 Å². The number of benzene rings is 1. The fourth-order valence-electron chi connectivity index (χ4n) is 1.94. The maximum atomic E-state index is 11.5. The van der Waals surface area contributed by atoms with E-state index in [1.165, 1.54) is 18.4 Å². The Hall–Kier alpha value is -1.37. The number of rotatable bonds is 5. The van der Waals surface area contributed by atoms with Crippen LogP contribution in [-0.2, 0) is 16.6 Å². The topological polar surface area (TPSA) is 65.2 Å². The monoisotopic (exact) mass is 281 g/mol. The maximum absolute atomic E-state index is 11.5. The van der Waals surface area contributed by atoms with Gasteiger partial charge in [-0.25, -0.2) is 4.72 Å². The van der Waals surface area contributed by atoms with E-state index in [0.29, 0.717) is 13.0 Å². The zero-order valence-corrected chi connectivity index (χ0v) is 12.2. The first-order valence-electron chi connectivity index (χ1n) is 6.14. The van der Waals surface area contributed by atoms with Crippen molar-refractivity contribution in [3.05, 3.63) is 35.5 Å². The molecule has 0 aliphatic heterocycles. The van der Waals surface area contributed by atoms with Gasteiger partial charge in [0.15, 0.2) is 0 Å². The van der Waals surface area contributed by atoms with Gasteiger partial charge in [0.2, 0.25) is 0 Å². The van der Waals surface area contributed by atoms with Gasteiger partial charge < -0.3 is 4.98 Å². The number of nitrogens with one attached hydrogen (secondary N) is 2. The predicted octanol–water partition coefficient (Wildman–Crippen LogP) is 1.41. The largest absolute Gasteiger partial charge is 0.359 e. The van der Waals surface area contributed by atoms with Crippen LogP contribution < -0.4 is 4.72 Å². The Labute approximate surface area is 113 Å². The van der Waals surface area contributed by atoms with Gasteiger partial charge in [0, 0.05) is 31.9 Å². The van der Waals surface area contributed by atoms with E-state index < -0.39 is 10.2 Å². The minimum Gasteiger partial charge on any atom is -0.359 e. The van der Waals surface area contributed by atoms with Gasteiger partial charge in [-0.1, -0.05) is 6.07 Å². The molecule has 0 bridgehead atoms. The summed E-state index contributed by atoms with van der Waals surface area (Å²) >= 11 is 0. The summed E-state index contributed by atoms with van der Waals surface area (Å²) in [5.41, 5.74) is 3.35. The van der Waals surface area contributed by atoms with Crippen molar-refractivity contribution in [3.63, 3.8) is 0 Å². The number of hydrogen-bond acceptors (Lipinski definition) is 2. The van der Waals surface area contributed by atoms with Crippen molar-refractivity contribution in [1.29, 1.82) is 0 Å². The van der Waals surface area contributed by atoms with Crippen molar-refractivity contribution in [1.82, 2.24) is 14.0 Å². The number of aryl methyl sites for hydroxylation is 1. The normalized spacial score (nSPS) is 12.4. The summed E-state index contributed by atoms with van der Waals surface area (Å²) in [7, 11) is -0.308. The molecule has 0 amide bonds. The van der Waals surface area contributed by atoms with E-state index in [1.807, 2.05) is 19.1 Å². The van der Waals surface area contributed by atoms with Gasteiger partial charge in [0.1, 0.15) is 0 Å². The highest BCUT2D eigenvalue weighted by atomic mass is 32.2. The fourth-order valence-corrected chi connectivity index (χ4v) is 2.55. The van der Waals surface area contributed by atoms with Gasteiger partial charge in [-0.3, -0.25) is 0 Å². The smallest absolute Gasteiger partial charge is 0.278 e. The number of nitrogens with zero attached hydrogens (tertiary/aromatic N) is 1. The molecule has 2 aromatic rings. The minimum absolute atomic E-state index is 0.398.